The number of alkyl halides is 3. The van der Waals surface area contributed by atoms with E-state index in [4.69, 9.17) is 0 Å². The van der Waals surface area contributed by atoms with E-state index < -0.39 is 11.7 Å². The maximum absolute atomic E-state index is 12.8. The maximum Gasteiger partial charge on any atom is 0.416 e. The molecule has 3 nitrogen and oxygen atoms in total. The fourth-order valence-corrected chi connectivity index (χ4v) is 3.05. The molecule has 0 saturated carbocycles. The van der Waals surface area contributed by atoms with Crippen LogP contribution < -0.4 is 5.43 Å². The number of rotatable bonds is 1. The molecule has 0 spiro atoms. The first-order valence-corrected chi connectivity index (χ1v) is 7.41. The number of nitrogens with zero attached hydrogens (tertiary/aromatic N) is 1. The van der Waals surface area contributed by atoms with Crippen LogP contribution in [-0.2, 0) is 11.0 Å². The Hall–Kier alpha value is -2.11. The van der Waals surface area contributed by atoms with Crippen molar-refractivity contribution in [2.24, 2.45) is 10.5 Å². The van der Waals surface area contributed by atoms with Crippen LogP contribution in [-0.4, -0.2) is 11.5 Å². The predicted molar refractivity (Wildman–Crippen MR) is 80.8 cm³/mol. The number of ketones is 1. The minimum atomic E-state index is -4.40. The molecule has 1 N–H and O–H groups in total. The Bertz CT molecular complexity index is 730. The second-order valence-corrected chi connectivity index (χ2v) is 6.82. The molecule has 3 rings (SSSR count). The summed E-state index contributed by atoms with van der Waals surface area (Å²) in [5, 5.41) is 4.20. The van der Waals surface area contributed by atoms with E-state index in [-0.39, 0.29) is 17.6 Å². The molecule has 6 heteroatoms. The zero-order chi connectivity index (χ0) is 16.8. The van der Waals surface area contributed by atoms with Crippen molar-refractivity contribution in [1.29, 1.82) is 0 Å². The second-order valence-electron chi connectivity index (χ2n) is 6.82. The number of allylic oxidation sites excluding steroid dienone is 2. The van der Waals surface area contributed by atoms with Crippen LogP contribution in [0.5, 0.6) is 0 Å². The van der Waals surface area contributed by atoms with Gasteiger partial charge in [0, 0.05) is 24.1 Å². The molecule has 0 saturated heterocycles. The van der Waals surface area contributed by atoms with Gasteiger partial charge in [-0.3, -0.25) is 10.2 Å². The lowest BCUT2D eigenvalue weighted by Crippen LogP contribution is -2.33. The number of Topliss-reactive ketones (excluding diaryl/α,β-unsaturated/α-hetero) is 1. The van der Waals surface area contributed by atoms with Crippen molar-refractivity contribution in [1.82, 2.24) is 5.43 Å². The summed E-state index contributed by atoms with van der Waals surface area (Å²) < 4.78 is 38.5. The van der Waals surface area contributed by atoms with Gasteiger partial charge in [-0.2, -0.15) is 18.3 Å². The van der Waals surface area contributed by atoms with Gasteiger partial charge in [-0.05, 0) is 29.5 Å². The summed E-state index contributed by atoms with van der Waals surface area (Å²) >= 11 is 0. The molecule has 0 atom stereocenters. The van der Waals surface area contributed by atoms with Gasteiger partial charge in [0.25, 0.3) is 0 Å². The highest BCUT2D eigenvalue weighted by atomic mass is 19.4. The summed E-state index contributed by atoms with van der Waals surface area (Å²) in [6.07, 6.45) is -2.96. The Kier molecular flexibility index (Phi) is 3.58. The van der Waals surface area contributed by atoms with Crippen molar-refractivity contribution in [2.45, 2.75) is 39.3 Å². The average molecular weight is 322 g/mol. The van der Waals surface area contributed by atoms with Gasteiger partial charge >= 0.3 is 6.18 Å². The summed E-state index contributed by atoms with van der Waals surface area (Å²) in [5.41, 5.74) is 4.33. The van der Waals surface area contributed by atoms with E-state index in [1.165, 1.54) is 6.07 Å². The van der Waals surface area contributed by atoms with Crippen molar-refractivity contribution in [3.63, 3.8) is 0 Å². The van der Waals surface area contributed by atoms with Crippen LogP contribution in [0, 0.1) is 5.41 Å². The van der Waals surface area contributed by atoms with Gasteiger partial charge in [-0.15, -0.1) is 0 Å². The Balaban J connectivity index is 1.88. The SMILES string of the molecule is CC1(C)CC(=O)C2=C(C1)NN=C(c1cccc(C(F)(F)F)c1)C2. The Morgan fingerprint density at radius 3 is 2.65 bits per heavy atom. The molecule has 0 aromatic heterocycles. The standard InChI is InChI=1S/C17H17F3N2O/c1-16(2)8-14-12(15(23)9-16)7-13(21-22-14)10-4-3-5-11(6-10)17(18,19)20/h3-6,22H,7-9H2,1-2H3. The summed E-state index contributed by atoms with van der Waals surface area (Å²) in [7, 11) is 0. The molecule has 0 bridgehead atoms. The van der Waals surface area contributed by atoms with Gasteiger partial charge in [0.1, 0.15) is 0 Å². The third-order valence-corrected chi connectivity index (χ3v) is 4.19. The zero-order valence-corrected chi connectivity index (χ0v) is 12.9. The fourth-order valence-electron chi connectivity index (χ4n) is 3.05. The van der Waals surface area contributed by atoms with Crippen LogP contribution in [0.1, 0.15) is 44.2 Å². The van der Waals surface area contributed by atoms with Crippen LogP contribution in [0.2, 0.25) is 0 Å². The Morgan fingerprint density at radius 2 is 1.96 bits per heavy atom. The highest BCUT2D eigenvalue weighted by Crippen LogP contribution is 2.38. The topological polar surface area (TPSA) is 41.5 Å². The third kappa shape index (κ3) is 3.16. The first kappa shape index (κ1) is 15.8. The van der Waals surface area contributed by atoms with E-state index >= 15 is 0 Å². The quantitative estimate of drug-likeness (QED) is 0.847. The number of halogens is 3. The molecular weight excluding hydrogens is 305 g/mol. The van der Waals surface area contributed by atoms with Gasteiger partial charge in [-0.1, -0.05) is 26.0 Å². The highest BCUT2D eigenvalue weighted by molar-refractivity contribution is 6.09. The van der Waals surface area contributed by atoms with Crippen molar-refractivity contribution < 1.29 is 18.0 Å². The molecule has 1 aromatic carbocycles. The number of nitrogens with one attached hydrogen (secondary N) is 1. The predicted octanol–water partition coefficient (Wildman–Crippen LogP) is 4.05. The summed E-state index contributed by atoms with van der Waals surface area (Å²) in [5.74, 6) is 0.0446. The lowest BCUT2D eigenvalue weighted by molar-refractivity contribution is -0.137. The van der Waals surface area contributed by atoms with Gasteiger partial charge in [0.05, 0.1) is 11.3 Å². The molecule has 1 aromatic rings. The molecule has 2 aliphatic rings. The minimum absolute atomic E-state index is 0.0446. The van der Waals surface area contributed by atoms with Crippen LogP contribution >= 0.6 is 0 Å². The van der Waals surface area contributed by atoms with Crippen molar-refractivity contribution in [3.8, 4) is 0 Å². The molecule has 0 fully saturated rings. The average Bonchev–Trinajstić information content (AvgIpc) is 2.45. The number of hydrazone groups is 1. The summed E-state index contributed by atoms with van der Waals surface area (Å²) in [4.78, 5) is 12.3. The molecule has 23 heavy (non-hydrogen) atoms. The van der Waals surface area contributed by atoms with Crippen molar-refractivity contribution in [3.05, 3.63) is 46.7 Å². The lowest BCUT2D eigenvalue weighted by atomic mass is 9.74. The van der Waals surface area contributed by atoms with E-state index in [1.807, 2.05) is 13.8 Å². The molecule has 0 radical (unpaired) electrons. The van der Waals surface area contributed by atoms with Crippen LogP contribution in [0.15, 0.2) is 40.6 Å². The smallest absolute Gasteiger partial charge is 0.294 e. The first-order chi connectivity index (χ1) is 10.7. The Labute approximate surface area is 132 Å². The third-order valence-electron chi connectivity index (χ3n) is 4.19. The van der Waals surface area contributed by atoms with Crippen molar-refractivity contribution >= 4 is 11.5 Å². The van der Waals surface area contributed by atoms with Gasteiger partial charge in [0.15, 0.2) is 5.78 Å². The normalized spacial score (nSPS) is 20.7. The van der Waals surface area contributed by atoms with Gasteiger partial charge in [-0.25, -0.2) is 0 Å². The van der Waals surface area contributed by atoms with E-state index in [0.29, 0.717) is 29.7 Å². The fraction of sp³-hybridized carbons (Fsp3) is 0.412. The number of hydrogen-bond donors (Lipinski definition) is 1. The molecule has 1 aliphatic carbocycles. The van der Waals surface area contributed by atoms with Crippen LogP contribution in [0.3, 0.4) is 0 Å². The maximum atomic E-state index is 12.8. The molecule has 1 aliphatic heterocycles. The minimum Gasteiger partial charge on any atom is -0.294 e. The molecule has 0 unspecified atom stereocenters. The van der Waals surface area contributed by atoms with E-state index in [1.54, 1.807) is 6.07 Å². The molecule has 1 heterocycles. The number of carbonyl (C=O) groups is 1. The van der Waals surface area contributed by atoms with Gasteiger partial charge < -0.3 is 0 Å². The number of carbonyl (C=O) groups excluding carboxylic acids is 1. The van der Waals surface area contributed by atoms with Gasteiger partial charge in [0.2, 0.25) is 0 Å². The summed E-state index contributed by atoms with van der Waals surface area (Å²) in [6.45, 7) is 4.03. The van der Waals surface area contributed by atoms with Crippen LogP contribution in [0.25, 0.3) is 0 Å². The van der Waals surface area contributed by atoms with E-state index in [9.17, 15) is 18.0 Å². The first-order valence-electron chi connectivity index (χ1n) is 7.41. The second kappa shape index (κ2) is 5.22. The van der Waals surface area contributed by atoms with Crippen LogP contribution in [0.4, 0.5) is 13.2 Å². The number of benzene rings is 1. The summed E-state index contributed by atoms with van der Waals surface area (Å²) in [6, 6.07) is 5.04. The lowest BCUT2D eigenvalue weighted by Gasteiger charge is -2.33. The molecule has 0 amide bonds. The largest absolute Gasteiger partial charge is 0.416 e. The zero-order valence-electron chi connectivity index (χ0n) is 12.9. The molecule has 122 valence electrons. The Morgan fingerprint density at radius 1 is 1.22 bits per heavy atom. The molecular formula is C17H17F3N2O. The van der Waals surface area contributed by atoms with E-state index in [2.05, 4.69) is 10.5 Å². The van der Waals surface area contributed by atoms with E-state index in [0.717, 1.165) is 17.8 Å². The van der Waals surface area contributed by atoms with Crippen molar-refractivity contribution in [2.75, 3.05) is 0 Å². The number of hydrogen-bond acceptors (Lipinski definition) is 3. The highest BCUT2D eigenvalue weighted by Gasteiger charge is 2.35. The monoisotopic (exact) mass is 322 g/mol.